The average molecular weight is 259 g/mol. The van der Waals surface area contributed by atoms with E-state index in [9.17, 15) is 0 Å². The minimum absolute atomic E-state index is 0.130. The summed E-state index contributed by atoms with van der Waals surface area (Å²) < 4.78 is 0. The lowest BCUT2D eigenvalue weighted by Gasteiger charge is -2.32. The molecule has 0 amide bonds. The summed E-state index contributed by atoms with van der Waals surface area (Å²) in [6.07, 6.45) is 3.35. The van der Waals surface area contributed by atoms with Crippen molar-refractivity contribution in [2.45, 2.75) is 31.6 Å². The highest BCUT2D eigenvalue weighted by Crippen LogP contribution is 2.32. The van der Waals surface area contributed by atoms with Gasteiger partial charge in [0.2, 0.25) is 0 Å². The maximum absolute atomic E-state index is 6.09. The molecular formula is C16H21NS. The minimum Gasteiger partial charge on any atom is -0.330 e. The Morgan fingerprint density at radius 3 is 2.44 bits per heavy atom. The first-order valence-corrected chi connectivity index (χ1v) is 7.47. The van der Waals surface area contributed by atoms with Crippen LogP contribution in [0, 0.1) is 0 Å². The van der Waals surface area contributed by atoms with E-state index in [-0.39, 0.29) is 5.41 Å². The fourth-order valence-electron chi connectivity index (χ4n) is 2.50. The number of thiophene rings is 1. The van der Waals surface area contributed by atoms with Gasteiger partial charge in [-0.25, -0.2) is 0 Å². The molecule has 0 saturated heterocycles. The molecule has 2 N–H and O–H groups in total. The molecule has 0 spiro atoms. The third-order valence-electron chi connectivity index (χ3n) is 3.88. The first kappa shape index (κ1) is 13.3. The van der Waals surface area contributed by atoms with Crippen molar-refractivity contribution in [3.63, 3.8) is 0 Å². The molecule has 1 aromatic heterocycles. The maximum Gasteiger partial charge on any atom is 0.00763 e. The number of aryl methyl sites for hydroxylation is 1. The second-order valence-corrected chi connectivity index (χ2v) is 5.82. The Labute approximate surface area is 114 Å². The van der Waals surface area contributed by atoms with Crippen LogP contribution >= 0.6 is 11.3 Å². The second-order valence-electron chi connectivity index (χ2n) is 4.78. The molecule has 0 aliphatic carbocycles. The fourth-order valence-corrected chi connectivity index (χ4v) is 3.21. The van der Waals surface area contributed by atoms with Gasteiger partial charge in [-0.3, -0.25) is 0 Å². The second kappa shape index (κ2) is 6.17. The molecular weight excluding hydrogens is 238 g/mol. The molecule has 0 fully saturated rings. The topological polar surface area (TPSA) is 26.0 Å². The first-order chi connectivity index (χ1) is 8.80. The van der Waals surface area contributed by atoms with Gasteiger partial charge in [0.1, 0.15) is 0 Å². The molecule has 1 nitrogen and oxygen atoms in total. The van der Waals surface area contributed by atoms with Gasteiger partial charge in [-0.2, -0.15) is 0 Å². The van der Waals surface area contributed by atoms with E-state index in [0.717, 1.165) is 25.8 Å². The van der Waals surface area contributed by atoms with E-state index in [2.05, 4.69) is 54.8 Å². The van der Waals surface area contributed by atoms with Gasteiger partial charge in [0.05, 0.1) is 0 Å². The summed E-state index contributed by atoms with van der Waals surface area (Å²) in [5.41, 5.74) is 7.60. The van der Waals surface area contributed by atoms with Crippen LogP contribution < -0.4 is 5.73 Å². The molecule has 18 heavy (non-hydrogen) atoms. The molecule has 2 aromatic rings. The summed E-state index contributed by atoms with van der Waals surface area (Å²) in [5.74, 6) is 0. The summed E-state index contributed by atoms with van der Waals surface area (Å²) in [6, 6.07) is 15.1. The van der Waals surface area contributed by atoms with E-state index >= 15 is 0 Å². The Kier molecular flexibility index (Phi) is 4.56. The highest BCUT2D eigenvalue weighted by Gasteiger charge is 2.28. The zero-order valence-electron chi connectivity index (χ0n) is 10.9. The summed E-state index contributed by atoms with van der Waals surface area (Å²) in [5, 5.41) is 2.15. The Balaban J connectivity index is 2.16. The van der Waals surface area contributed by atoms with Crippen LogP contribution in [0.5, 0.6) is 0 Å². The molecule has 0 bridgehead atoms. The lowest BCUT2D eigenvalue weighted by atomic mass is 9.74. The van der Waals surface area contributed by atoms with Gasteiger partial charge < -0.3 is 5.73 Å². The van der Waals surface area contributed by atoms with Crippen LogP contribution in [0.3, 0.4) is 0 Å². The third-order valence-corrected chi connectivity index (χ3v) is 4.82. The van der Waals surface area contributed by atoms with Gasteiger partial charge >= 0.3 is 0 Å². The average Bonchev–Trinajstić information content (AvgIpc) is 2.95. The van der Waals surface area contributed by atoms with Crippen LogP contribution in [-0.4, -0.2) is 6.54 Å². The van der Waals surface area contributed by atoms with Crippen molar-refractivity contribution in [1.82, 2.24) is 0 Å². The van der Waals surface area contributed by atoms with E-state index in [4.69, 9.17) is 5.73 Å². The minimum atomic E-state index is 0.130. The molecule has 1 heterocycles. The van der Waals surface area contributed by atoms with Crippen molar-refractivity contribution in [3.05, 3.63) is 58.3 Å². The van der Waals surface area contributed by atoms with Crippen LogP contribution in [0.25, 0.3) is 0 Å². The molecule has 0 aliphatic rings. The first-order valence-electron chi connectivity index (χ1n) is 6.59. The largest absolute Gasteiger partial charge is 0.330 e. The smallest absolute Gasteiger partial charge is 0.00763 e. The number of rotatable bonds is 6. The monoisotopic (exact) mass is 259 g/mol. The molecule has 2 heteroatoms. The van der Waals surface area contributed by atoms with E-state index in [1.54, 1.807) is 0 Å². The van der Waals surface area contributed by atoms with Crippen molar-refractivity contribution >= 4 is 11.3 Å². The van der Waals surface area contributed by atoms with Crippen LogP contribution in [0.1, 0.15) is 30.2 Å². The highest BCUT2D eigenvalue weighted by atomic mass is 32.1. The summed E-state index contributed by atoms with van der Waals surface area (Å²) in [6.45, 7) is 2.97. The standard InChI is InChI=1S/C16H21NS/c1-2-16(13-17,14-7-4-3-5-8-14)11-10-15-9-6-12-18-15/h3-9,12H,2,10-11,13,17H2,1H3. The van der Waals surface area contributed by atoms with Crippen molar-refractivity contribution < 1.29 is 0 Å². The molecule has 1 unspecified atom stereocenters. The summed E-state index contributed by atoms with van der Waals surface area (Å²) >= 11 is 1.84. The quantitative estimate of drug-likeness (QED) is 0.834. The molecule has 2 rings (SSSR count). The molecule has 1 aromatic carbocycles. The third kappa shape index (κ3) is 2.82. The van der Waals surface area contributed by atoms with Gasteiger partial charge in [0.25, 0.3) is 0 Å². The Morgan fingerprint density at radius 2 is 1.89 bits per heavy atom. The molecule has 0 saturated carbocycles. The zero-order valence-corrected chi connectivity index (χ0v) is 11.7. The van der Waals surface area contributed by atoms with E-state index in [1.165, 1.54) is 10.4 Å². The van der Waals surface area contributed by atoms with Gasteiger partial charge in [-0.05, 0) is 36.3 Å². The van der Waals surface area contributed by atoms with Gasteiger partial charge in [0, 0.05) is 16.8 Å². The Morgan fingerprint density at radius 1 is 1.11 bits per heavy atom. The van der Waals surface area contributed by atoms with Crippen molar-refractivity contribution in [2.75, 3.05) is 6.54 Å². The van der Waals surface area contributed by atoms with E-state index < -0.39 is 0 Å². The lowest BCUT2D eigenvalue weighted by Crippen LogP contribution is -2.35. The number of hydrogen-bond donors (Lipinski definition) is 1. The van der Waals surface area contributed by atoms with Crippen LogP contribution in [0.2, 0.25) is 0 Å². The predicted octanol–water partition coefficient (Wildman–Crippen LogP) is 3.99. The van der Waals surface area contributed by atoms with Crippen molar-refractivity contribution in [2.24, 2.45) is 5.73 Å². The molecule has 0 radical (unpaired) electrons. The van der Waals surface area contributed by atoms with Crippen LogP contribution in [0.15, 0.2) is 47.8 Å². The lowest BCUT2D eigenvalue weighted by molar-refractivity contribution is 0.390. The fraction of sp³-hybridized carbons (Fsp3) is 0.375. The molecule has 1 atom stereocenters. The van der Waals surface area contributed by atoms with Crippen molar-refractivity contribution in [3.8, 4) is 0 Å². The maximum atomic E-state index is 6.09. The Hall–Kier alpha value is -1.12. The zero-order chi connectivity index (χ0) is 12.8. The number of benzene rings is 1. The highest BCUT2D eigenvalue weighted by molar-refractivity contribution is 7.09. The normalized spacial score (nSPS) is 14.3. The van der Waals surface area contributed by atoms with Gasteiger partial charge in [0.15, 0.2) is 0 Å². The summed E-state index contributed by atoms with van der Waals surface area (Å²) in [4.78, 5) is 1.46. The Bertz CT molecular complexity index is 443. The molecule has 96 valence electrons. The van der Waals surface area contributed by atoms with E-state index in [1.807, 2.05) is 11.3 Å². The number of hydrogen-bond acceptors (Lipinski definition) is 2. The number of nitrogens with two attached hydrogens (primary N) is 1. The van der Waals surface area contributed by atoms with Crippen molar-refractivity contribution in [1.29, 1.82) is 0 Å². The summed E-state index contributed by atoms with van der Waals surface area (Å²) in [7, 11) is 0. The van der Waals surface area contributed by atoms with E-state index in [0.29, 0.717) is 0 Å². The SMILES string of the molecule is CCC(CN)(CCc1cccs1)c1ccccc1. The predicted molar refractivity (Wildman–Crippen MR) is 80.1 cm³/mol. The van der Waals surface area contributed by atoms with Crippen LogP contribution in [-0.2, 0) is 11.8 Å². The molecule has 0 aliphatic heterocycles. The van der Waals surface area contributed by atoms with Gasteiger partial charge in [-0.15, -0.1) is 11.3 Å². The van der Waals surface area contributed by atoms with Crippen LogP contribution in [0.4, 0.5) is 0 Å². The van der Waals surface area contributed by atoms with Gasteiger partial charge in [-0.1, -0.05) is 43.3 Å².